The lowest BCUT2D eigenvalue weighted by Crippen LogP contribution is -2.27. The normalized spacial score (nSPS) is 13.8. The highest BCUT2D eigenvalue weighted by molar-refractivity contribution is 8.00. The molecule has 0 fully saturated rings. The summed E-state index contributed by atoms with van der Waals surface area (Å²) in [7, 11) is 0. The maximum Gasteiger partial charge on any atom is 0.0171 e. The molecule has 0 saturated carbocycles. The highest BCUT2D eigenvalue weighted by atomic mass is 32.2. The van der Waals surface area contributed by atoms with Crippen molar-refractivity contribution >= 4 is 11.8 Å². The third-order valence-corrected chi connectivity index (χ3v) is 3.81. The standard InChI is InChI=1S/C14H23NS/c1-11-5-7-12(8-6-11)9-13(15)10-16-14(2,3)4/h5-8,13H,9-10,15H2,1-4H3. The van der Waals surface area contributed by atoms with Gasteiger partial charge in [0.05, 0.1) is 0 Å². The highest BCUT2D eigenvalue weighted by Crippen LogP contribution is 2.23. The van der Waals surface area contributed by atoms with Crippen LogP contribution in [0.5, 0.6) is 0 Å². The molecule has 0 aliphatic rings. The van der Waals surface area contributed by atoms with Crippen molar-refractivity contribution in [2.24, 2.45) is 5.73 Å². The van der Waals surface area contributed by atoms with Crippen molar-refractivity contribution in [3.8, 4) is 0 Å². The number of aryl methyl sites for hydroxylation is 1. The van der Waals surface area contributed by atoms with Crippen LogP contribution in [0.25, 0.3) is 0 Å². The Morgan fingerprint density at radius 1 is 1.19 bits per heavy atom. The van der Waals surface area contributed by atoms with E-state index in [-0.39, 0.29) is 6.04 Å². The van der Waals surface area contributed by atoms with Gasteiger partial charge in [-0.2, -0.15) is 11.8 Å². The minimum absolute atomic E-state index is 0.256. The maximum absolute atomic E-state index is 6.13. The van der Waals surface area contributed by atoms with Crippen molar-refractivity contribution in [1.82, 2.24) is 0 Å². The first-order chi connectivity index (χ1) is 7.37. The number of thioether (sulfide) groups is 1. The summed E-state index contributed by atoms with van der Waals surface area (Å²) in [4.78, 5) is 0. The summed E-state index contributed by atoms with van der Waals surface area (Å²) in [5, 5.41) is 0. The first-order valence-electron chi connectivity index (χ1n) is 5.82. The van der Waals surface area contributed by atoms with Gasteiger partial charge in [-0.05, 0) is 18.9 Å². The van der Waals surface area contributed by atoms with Crippen molar-refractivity contribution < 1.29 is 0 Å². The Kier molecular flexibility index (Phi) is 4.88. The SMILES string of the molecule is Cc1ccc(CC(N)CSC(C)(C)C)cc1. The first kappa shape index (κ1) is 13.6. The first-order valence-corrected chi connectivity index (χ1v) is 6.80. The Balaban J connectivity index is 2.39. The van der Waals surface area contributed by atoms with E-state index in [1.54, 1.807) is 0 Å². The molecule has 1 aromatic carbocycles. The molecule has 16 heavy (non-hydrogen) atoms. The summed E-state index contributed by atoms with van der Waals surface area (Å²) in [6.07, 6.45) is 0.976. The van der Waals surface area contributed by atoms with E-state index in [1.807, 2.05) is 11.8 Å². The predicted octanol–water partition coefficient (Wildman–Crippen LogP) is 3.40. The second-order valence-electron chi connectivity index (χ2n) is 5.37. The Bertz CT molecular complexity index is 311. The number of benzene rings is 1. The molecule has 0 radical (unpaired) electrons. The van der Waals surface area contributed by atoms with Crippen LogP contribution < -0.4 is 5.73 Å². The second kappa shape index (κ2) is 5.74. The van der Waals surface area contributed by atoms with Gasteiger partial charge < -0.3 is 5.73 Å². The molecule has 0 saturated heterocycles. The lowest BCUT2D eigenvalue weighted by molar-refractivity contribution is 0.734. The molecule has 90 valence electrons. The predicted molar refractivity (Wildman–Crippen MR) is 75.1 cm³/mol. The lowest BCUT2D eigenvalue weighted by atomic mass is 10.1. The molecule has 0 aliphatic carbocycles. The molecule has 1 aromatic rings. The van der Waals surface area contributed by atoms with Crippen molar-refractivity contribution in [2.75, 3.05) is 5.75 Å². The zero-order valence-corrected chi connectivity index (χ0v) is 11.6. The molecule has 0 aromatic heterocycles. The van der Waals surface area contributed by atoms with Crippen molar-refractivity contribution in [2.45, 2.75) is 44.9 Å². The molecule has 0 amide bonds. The summed E-state index contributed by atoms with van der Waals surface area (Å²) >= 11 is 1.94. The molecular formula is C14H23NS. The quantitative estimate of drug-likeness (QED) is 0.868. The van der Waals surface area contributed by atoms with E-state index in [4.69, 9.17) is 5.73 Å². The molecule has 1 unspecified atom stereocenters. The Morgan fingerprint density at radius 3 is 2.25 bits per heavy atom. The van der Waals surface area contributed by atoms with Crippen molar-refractivity contribution in [3.05, 3.63) is 35.4 Å². The summed E-state index contributed by atoms with van der Waals surface area (Å²) in [5.74, 6) is 1.03. The monoisotopic (exact) mass is 237 g/mol. The van der Waals surface area contributed by atoms with E-state index in [1.165, 1.54) is 11.1 Å². The van der Waals surface area contributed by atoms with Gasteiger partial charge in [0.2, 0.25) is 0 Å². The fourth-order valence-electron chi connectivity index (χ4n) is 1.44. The molecule has 0 heterocycles. The van der Waals surface area contributed by atoms with Gasteiger partial charge in [-0.15, -0.1) is 0 Å². The summed E-state index contributed by atoms with van der Waals surface area (Å²) < 4.78 is 0.310. The van der Waals surface area contributed by atoms with E-state index >= 15 is 0 Å². The van der Waals surface area contributed by atoms with Crippen LogP contribution >= 0.6 is 11.8 Å². The fraction of sp³-hybridized carbons (Fsp3) is 0.571. The lowest BCUT2D eigenvalue weighted by Gasteiger charge is -2.20. The third kappa shape index (κ3) is 5.57. The topological polar surface area (TPSA) is 26.0 Å². The van der Waals surface area contributed by atoms with Crippen LogP contribution in [0, 0.1) is 6.92 Å². The number of rotatable bonds is 4. The minimum atomic E-state index is 0.256. The molecule has 1 nitrogen and oxygen atoms in total. The Hall–Kier alpha value is -0.470. The highest BCUT2D eigenvalue weighted by Gasteiger charge is 2.13. The van der Waals surface area contributed by atoms with Gasteiger partial charge in [0.15, 0.2) is 0 Å². The van der Waals surface area contributed by atoms with Gasteiger partial charge in [0.1, 0.15) is 0 Å². The summed E-state index contributed by atoms with van der Waals surface area (Å²) in [6.45, 7) is 8.81. The van der Waals surface area contributed by atoms with E-state index in [0.29, 0.717) is 4.75 Å². The van der Waals surface area contributed by atoms with Gasteiger partial charge in [-0.25, -0.2) is 0 Å². The van der Waals surface area contributed by atoms with E-state index in [2.05, 4.69) is 52.0 Å². The van der Waals surface area contributed by atoms with Crippen LogP contribution in [0.4, 0.5) is 0 Å². The van der Waals surface area contributed by atoms with Gasteiger partial charge in [0.25, 0.3) is 0 Å². The summed E-state index contributed by atoms with van der Waals surface area (Å²) in [5.41, 5.74) is 8.78. The van der Waals surface area contributed by atoms with Crippen molar-refractivity contribution in [1.29, 1.82) is 0 Å². The van der Waals surface area contributed by atoms with Crippen LogP contribution in [-0.2, 0) is 6.42 Å². The maximum atomic E-state index is 6.13. The van der Waals surface area contributed by atoms with Gasteiger partial charge in [-0.3, -0.25) is 0 Å². The largest absolute Gasteiger partial charge is 0.327 e. The van der Waals surface area contributed by atoms with E-state index < -0.39 is 0 Å². The molecule has 0 aliphatic heterocycles. The van der Waals surface area contributed by atoms with Crippen LogP contribution in [-0.4, -0.2) is 16.5 Å². The van der Waals surface area contributed by atoms with Gasteiger partial charge in [-0.1, -0.05) is 50.6 Å². The summed E-state index contributed by atoms with van der Waals surface area (Å²) in [6, 6.07) is 8.91. The van der Waals surface area contributed by atoms with E-state index in [0.717, 1.165) is 12.2 Å². The smallest absolute Gasteiger partial charge is 0.0171 e. The molecule has 1 rings (SSSR count). The average Bonchev–Trinajstić information content (AvgIpc) is 2.18. The number of nitrogens with two attached hydrogens (primary N) is 1. The van der Waals surface area contributed by atoms with Gasteiger partial charge >= 0.3 is 0 Å². The second-order valence-corrected chi connectivity index (χ2v) is 7.22. The van der Waals surface area contributed by atoms with Gasteiger partial charge in [0, 0.05) is 16.5 Å². The van der Waals surface area contributed by atoms with Crippen LogP contribution in [0.15, 0.2) is 24.3 Å². The fourth-order valence-corrected chi connectivity index (χ4v) is 2.27. The van der Waals surface area contributed by atoms with Crippen molar-refractivity contribution in [3.63, 3.8) is 0 Å². The van der Waals surface area contributed by atoms with Crippen LogP contribution in [0.3, 0.4) is 0 Å². The molecule has 2 heteroatoms. The number of hydrogen-bond acceptors (Lipinski definition) is 2. The van der Waals surface area contributed by atoms with E-state index in [9.17, 15) is 0 Å². The molecule has 1 atom stereocenters. The molecule has 0 bridgehead atoms. The van der Waals surface area contributed by atoms with Crippen LogP contribution in [0.1, 0.15) is 31.9 Å². The average molecular weight is 237 g/mol. The zero-order chi connectivity index (χ0) is 12.2. The molecular weight excluding hydrogens is 214 g/mol. The van der Waals surface area contributed by atoms with Crippen LogP contribution in [0.2, 0.25) is 0 Å². The Morgan fingerprint density at radius 2 is 1.75 bits per heavy atom. The molecule has 0 spiro atoms. The third-order valence-electron chi connectivity index (χ3n) is 2.35. The Labute approximate surface area is 104 Å². The molecule has 2 N–H and O–H groups in total. The zero-order valence-electron chi connectivity index (χ0n) is 10.8. The minimum Gasteiger partial charge on any atom is -0.327 e. The number of hydrogen-bond donors (Lipinski definition) is 1.